The molecule has 0 spiro atoms. The average molecular weight is 215 g/mol. The van der Waals surface area contributed by atoms with Crippen molar-refractivity contribution < 1.29 is 0 Å². The summed E-state index contributed by atoms with van der Waals surface area (Å²) in [5, 5.41) is 9.49. The van der Waals surface area contributed by atoms with Crippen LogP contribution in [0.25, 0.3) is 0 Å². The Hall–Kier alpha value is -0.780. The van der Waals surface area contributed by atoms with Crippen LogP contribution in [0.15, 0.2) is 12.1 Å². The summed E-state index contributed by atoms with van der Waals surface area (Å²) in [6.45, 7) is 3.60. The van der Waals surface area contributed by atoms with Gasteiger partial charge < -0.3 is 0 Å². The van der Waals surface area contributed by atoms with Crippen molar-refractivity contribution in [1.29, 1.82) is 5.26 Å². The Labute approximate surface area is 87.1 Å². The van der Waals surface area contributed by atoms with E-state index in [4.69, 9.17) is 28.5 Å². The predicted octanol–water partition coefficient (Wildman–Crippen LogP) is 3.19. The summed E-state index contributed by atoms with van der Waals surface area (Å²) >= 11 is 11.4. The molecule has 68 valence electrons. The van der Waals surface area contributed by atoms with Crippen LogP contribution >= 0.6 is 23.2 Å². The van der Waals surface area contributed by atoms with Crippen LogP contribution < -0.4 is 0 Å². The number of nitriles is 1. The average Bonchev–Trinajstić information content (AvgIpc) is 2.02. The minimum absolute atomic E-state index is 0.311. The molecule has 0 fully saturated rings. The Morgan fingerprint density at radius 2 is 1.77 bits per heavy atom. The van der Waals surface area contributed by atoms with Crippen molar-refractivity contribution >= 4 is 23.2 Å². The number of aromatic nitrogens is 1. The van der Waals surface area contributed by atoms with E-state index in [1.54, 1.807) is 26.0 Å². The molecular weight excluding hydrogens is 207 g/mol. The fourth-order valence-corrected chi connectivity index (χ4v) is 1.35. The zero-order valence-corrected chi connectivity index (χ0v) is 8.82. The van der Waals surface area contributed by atoms with Gasteiger partial charge in [0.2, 0.25) is 0 Å². The summed E-state index contributed by atoms with van der Waals surface area (Å²) < 4.78 is 0. The van der Waals surface area contributed by atoms with E-state index in [0.717, 1.165) is 5.56 Å². The summed E-state index contributed by atoms with van der Waals surface area (Å²) in [6.07, 6.45) is 0. The predicted molar refractivity (Wildman–Crippen MR) is 52.9 cm³/mol. The van der Waals surface area contributed by atoms with Gasteiger partial charge in [-0.05, 0) is 31.5 Å². The molecule has 2 nitrogen and oxygen atoms in total. The molecule has 0 aliphatic carbocycles. The van der Waals surface area contributed by atoms with Gasteiger partial charge in [-0.15, -0.1) is 0 Å². The van der Waals surface area contributed by atoms with Crippen LogP contribution in [-0.4, -0.2) is 4.98 Å². The summed E-state index contributed by atoms with van der Waals surface area (Å²) in [5.74, 6) is 0. The number of hydrogen-bond acceptors (Lipinski definition) is 2. The normalized spacial score (nSPS) is 11.0. The molecule has 1 aromatic heterocycles. The molecule has 0 amide bonds. The van der Waals surface area contributed by atoms with E-state index >= 15 is 0 Å². The summed E-state index contributed by atoms with van der Waals surface area (Å²) in [7, 11) is 0. The topological polar surface area (TPSA) is 36.7 Å². The minimum atomic E-state index is -0.587. The zero-order valence-electron chi connectivity index (χ0n) is 7.31. The summed E-state index contributed by atoms with van der Waals surface area (Å²) in [5.41, 5.74) is 0.191. The van der Waals surface area contributed by atoms with Crippen molar-refractivity contribution in [1.82, 2.24) is 4.98 Å². The fraction of sp³-hybridized carbons (Fsp3) is 0.333. The van der Waals surface area contributed by atoms with Gasteiger partial charge in [0.05, 0.1) is 11.5 Å². The zero-order chi connectivity index (χ0) is 10.1. The molecule has 0 saturated carbocycles. The lowest BCUT2D eigenvalue weighted by molar-refractivity contribution is 0.685. The second-order valence-electron chi connectivity index (χ2n) is 3.24. The highest BCUT2D eigenvalue weighted by Gasteiger charge is 2.20. The molecule has 0 N–H and O–H groups in total. The second-order valence-corrected chi connectivity index (χ2v) is 4.01. The molecule has 0 aromatic carbocycles. The number of pyridine rings is 1. The molecule has 1 aromatic rings. The van der Waals surface area contributed by atoms with Crippen molar-refractivity contribution in [2.45, 2.75) is 19.3 Å². The van der Waals surface area contributed by atoms with Gasteiger partial charge in [-0.2, -0.15) is 5.26 Å². The molecule has 0 aliphatic rings. The number of rotatable bonds is 1. The number of nitrogens with zero attached hydrogens (tertiary/aromatic N) is 2. The Bertz CT molecular complexity index is 346. The van der Waals surface area contributed by atoms with Crippen molar-refractivity contribution in [2.75, 3.05) is 0 Å². The van der Waals surface area contributed by atoms with Gasteiger partial charge in [0.1, 0.15) is 10.3 Å². The molecule has 13 heavy (non-hydrogen) atoms. The van der Waals surface area contributed by atoms with Crippen LogP contribution in [0.5, 0.6) is 0 Å². The van der Waals surface area contributed by atoms with Crippen molar-refractivity contribution in [3.8, 4) is 6.07 Å². The molecule has 0 bridgehead atoms. The van der Waals surface area contributed by atoms with Crippen LogP contribution in [0, 0.1) is 11.3 Å². The van der Waals surface area contributed by atoms with Crippen molar-refractivity contribution in [3.63, 3.8) is 0 Å². The summed E-state index contributed by atoms with van der Waals surface area (Å²) in [4.78, 5) is 3.80. The first-order valence-corrected chi connectivity index (χ1v) is 4.46. The van der Waals surface area contributed by atoms with Crippen LogP contribution in [0.4, 0.5) is 0 Å². The van der Waals surface area contributed by atoms with Crippen LogP contribution in [0.3, 0.4) is 0 Å². The molecule has 1 rings (SSSR count). The smallest absolute Gasteiger partial charge is 0.131 e. The Morgan fingerprint density at radius 1 is 1.31 bits per heavy atom. The third-order valence-corrected chi connectivity index (χ3v) is 2.15. The molecule has 1 heterocycles. The van der Waals surface area contributed by atoms with E-state index in [9.17, 15) is 0 Å². The number of halogens is 2. The Morgan fingerprint density at radius 3 is 2.15 bits per heavy atom. The maximum atomic E-state index is 8.87. The van der Waals surface area contributed by atoms with E-state index < -0.39 is 5.41 Å². The Balaban J connectivity index is 3.25. The first kappa shape index (κ1) is 10.3. The van der Waals surface area contributed by atoms with Gasteiger partial charge >= 0.3 is 0 Å². The number of hydrogen-bond donors (Lipinski definition) is 0. The first-order valence-electron chi connectivity index (χ1n) is 3.70. The van der Waals surface area contributed by atoms with Crippen LogP contribution in [0.2, 0.25) is 10.3 Å². The lowest BCUT2D eigenvalue weighted by Gasteiger charge is -2.15. The quantitative estimate of drug-likeness (QED) is 0.674. The molecule has 0 aliphatic heterocycles. The SMILES string of the molecule is CC(C)(C#N)c1cc(Cl)nc(Cl)c1. The van der Waals surface area contributed by atoms with E-state index in [2.05, 4.69) is 11.1 Å². The van der Waals surface area contributed by atoms with Gasteiger partial charge in [-0.1, -0.05) is 23.2 Å². The molecule has 0 atom stereocenters. The monoisotopic (exact) mass is 214 g/mol. The second kappa shape index (κ2) is 3.53. The van der Waals surface area contributed by atoms with Gasteiger partial charge in [-0.3, -0.25) is 0 Å². The lowest BCUT2D eigenvalue weighted by atomic mass is 9.87. The van der Waals surface area contributed by atoms with E-state index in [1.807, 2.05) is 0 Å². The maximum absolute atomic E-state index is 8.87. The highest BCUT2D eigenvalue weighted by atomic mass is 35.5. The molecule has 4 heteroatoms. The van der Waals surface area contributed by atoms with E-state index in [0.29, 0.717) is 10.3 Å². The van der Waals surface area contributed by atoms with Crippen LogP contribution in [0.1, 0.15) is 19.4 Å². The van der Waals surface area contributed by atoms with Crippen LogP contribution in [-0.2, 0) is 5.41 Å². The Kier molecular flexibility index (Phi) is 2.80. The van der Waals surface area contributed by atoms with Gasteiger partial charge in [-0.25, -0.2) is 4.98 Å². The van der Waals surface area contributed by atoms with Gasteiger partial charge in [0, 0.05) is 0 Å². The summed E-state index contributed by atoms with van der Waals surface area (Å²) in [6, 6.07) is 5.47. The molecule has 0 radical (unpaired) electrons. The molecule has 0 unspecified atom stereocenters. The maximum Gasteiger partial charge on any atom is 0.131 e. The third-order valence-electron chi connectivity index (χ3n) is 1.76. The third kappa shape index (κ3) is 2.33. The van der Waals surface area contributed by atoms with E-state index in [-0.39, 0.29) is 0 Å². The lowest BCUT2D eigenvalue weighted by Crippen LogP contribution is -2.13. The highest BCUT2D eigenvalue weighted by Crippen LogP contribution is 2.26. The van der Waals surface area contributed by atoms with Gasteiger partial charge in [0.25, 0.3) is 0 Å². The van der Waals surface area contributed by atoms with Crippen molar-refractivity contribution in [2.24, 2.45) is 0 Å². The van der Waals surface area contributed by atoms with Gasteiger partial charge in [0.15, 0.2) is 0 Å². The molecular formula is C9H8Cl2N2. The first-order chi connectivity index (χ1) is 5.95. The highest BCUT2D eigenvalue weighted by molar-refractivity contribution is 6.32. The largest absolute Gasteiger partial charge is 0.224 e. The minimum Gasteiger partial charge on any atom is -0.224 e. The standard InChI is InChI=1S/C9H8Cl2N2/c1-9(2,5-12)6-3-7(10)13-8(11)4-6/h3-4H,1-2H3. The van der Waals surface area contributed by atoms with Crippen molar-refractivity contribution in [3.05, 3.63) is 28.0 Å². The van der Waals surface area contributed by atoms with E-state index in [1.165, 1.54) is 0 Å². The fourth-order valence-electron chi connectivity index (χ4n) is 0.890. The molecule has 0 saturated heterocycles.